The van der Waals surface area contributed by atoms with Gasteiger partial charge in [-0.15, -0.1) is 5.10 Å². The average Bonchev–Trinajstić information content (AvgIpc) is 2.85. The zero-order valence-electron chi connectivity index (χ0n) is 12.3. The van der Waals surface area contributed by atoms with Gasteiger partial charge >= 0.3 is 0 Å². The Balaban J connectivity index is 1.81. The highest BCUT2D eigenvalue weighted by Gasteiger charge is 2.26. The van der Waals surface area contributed by atoms with Crippen molar-refractivity contribution in [3.8, 4) is 0 Å². The molecule has 0 aliphatic heterocycles. The minimum atomic E-state index is -0.224. The van der Waals surface area contributed by atoms with Gasteiger partial charge in [0.25, 0.3) is 0 Å². The molecule has 7 heteroatoms. The van der Waals surface area contributed by atoms with Gasteiger partial charge in [-0.3, -0.25) is 0 Å². The van der Waals surface area contributed by atoms with Crippen LogP contribution in [0, 0.1) is 5.92 Å². The summed E-state index contributed by atoms with van der Waals surface area (Å²) in [5.74, 6) is 0.648. The third kappa shape index (κ3) is 4.71. The summed E-state index contributed by atoms with van der Waals surface area (Å²) in [6.45, 7) is 7.02. The van der Waals surface area contributed by atoms with E-state index in [1.54, 1.807) is 11.8 Å². The summed E-state index contributed by atoms with van der Waals surface area (Å²) >= 11 is 1.62. The fourth-order valence-corrected chi connectivity index (χ4v) is 3.53. The van der Waals surface area contributed by atoms with Gasteiger partial charge in [0.2, 0.25) is 5.16 Å². The summed E-state index contributed by atoms with van der Waals surface area (Å²) < 4.78 is 1.83. The van der Waals surface area contributed by atoms with Gasteiger partial charge in [0.15, 0.2) is 0 Å². The van der Waals surface area contributed by atoms with Crippen LogP contribution >= 0.6 is 11.8 Å². The van der Waals surface area contributed by atoms with Gasteiger partial charge in [-0.05, 0) is 35.7 Å². The van der Waals surface area contributed by atoms with Crippen LogP contribution in [0.15, 0.2) is 5.16 Å². The molecular weight excluding hydrogens is 274 g/mol. The Morgan fingerprint density at radius 1 is 1.40 bits per heavy atom. The Hall–Kier alpha value is -0.660. The SMILES string of the molecule is CC(C)CNCCn1nnnc1SC1CCCCC1O. The topological polar surface area (TPSA) is 75.9 Å². The van der Waals surface area contributed by atoms with Crippen LogP contribution in [0.25, 0.3) is 0 Å². The predicted octanol–water partition coefficient (Wildman–Crippen LogP) is 1.31. The molecule has 1 aliphatic carbocycles. The zero-order chi connectivity index (χ0) is 14.4. The lowest BCUT2D eigenvalue weighted by Crippen LogP contribution is -2.28. The van der Waals surface area contributed by atoms with Crippen molar-refractivity contribution in [1.29, 1.82) is 0 Å². The van der Waals surface area contributed by atoms with Gasteiger partial charge < -0.3 is 10.4 Å². The molecule has 1 aromatic rings. The van der Waals surface area contributed by atoms with Crippen LogP contribution in [0.1, 0.15) is 39.5 Å². The molecule has 1 saturated carbocycles. The molecule has 1 heterocycles. The quantitative estimate of drug-likeness (QED) is 0.740. The average molecular weight is 299 g/mol. The molecule has 0 radical (unpaired) electrons. The predicted molar refractivity (Wildman–Crippen MR) is 79.6 cm³/mol. The molecule has 2 N–H and O–H groups in total. The number of thioether (sulfide) groups is 1. The molecule has 20 heavy (non-hydrogen) atoms. The maximum atomic E-state index is 10.0. The van der Waals surface area contributed by atoms with Crippen LogP contribution < -0.4 is 5.32 Å². The van der Waals surface area contributed by atoms with Crippen LogP contribution in [0.2, 0.25) is 0 Å². The minimum Gasteiger partial charge on any atom is -0.392 e. The standard InChI is InChI=1S/C13H25N5OS/c1-10(2)9-14-7-8-18-13(15-16-17-18)20-12-6-4-3-5-11(12)19/h10-12,14,19H,3-9H2,1-2H3. The van der Waals surface area contributed by atoms with E-state index in [-0.39, 0.29) is 11.4 Å². The number of hydrogen-bond acceptors (Lipinski definition) is 6. The number of nitrogens with one attached hydrogen (secondary N) is 1. The molecule has 114 valence electrons. The largest absolute Gasteiger partial charge is 0.392 e. The van der Waals surface area contributed by atoms with Crippen molar-refractivity contribution >= 4 is 11.8 Å². The van der Waals surface area contributed by atoms with Crippen LogP contribution in [0.3, 0.4) is 0 Å². The fourth-order valence-electron chi connectivity index (χ4n) is 2.35. The first-order valence-electron chi connectivity index (χ1n) is 7.48. The van der Waals surface area contributed by atoms with E-state index in [4.69, 9.17) is 0 Å². The van der Waals surface area contributed by atoms with E-state index in [9.17, 15) is 5.11 Å². The lowest BCUT2D eigenvalue weighted by atomic mass is 9.97. The van der Waals surface area contributed by atoms with Gasteiger partial charge in [0.05, 0.1) is 12.6 Å². The van der Waals surface area contributed by atoms with Crippen molar-refractivity contribution in [2.24, 2.45) is 5.92 Å². The normalized spacial score (nSPS) is 23.4. The molecule has 0 amide bonds. The molecule has 0 bridgehead atoms. The minimum absolute atomic E-state index is 0.224. The van der Waals surface area contributed by atoms with E-state index in [0.29, 0.717) is 5.92 Å². The molecule has 1 aliphatic rings. The number of aliphatic hydroxyl groups is 1. The Kier molecular flexibility index (Phi) is 6.25. The number of rotatable bonds is 7. The highest BCUT2D eigenvalue weighted by molar-refractivity contribution is 7.99. The summed E-state index contributed by atoms with van der Waals surface area (Å²) in [6, 6.07) is 0. The molecule has 1 fully saturated rings. The fraction of sp³-hybridized carbons (Fsp3) is 0.923. The number of hydrogen-bond donors (Lipinski definition) is 2. The molecule has 0 spiro atoms. The van der Waals surface area contributed by atoms with Crippen molar-refractivity contribution in [2.45, 2.75) is 62.6 Å². The van der Waals surface area contributed by atoms with E-state index < -0.39 is 0 Å². The first-order chi connectivity index (χ1) is 9.66. The van der Waals surface area contributed by atoms with E-state index in [1.807, 2.05) is 4.68 Å². The number of aliphatic hydroxyl groups excluding tert-OH is 1. The van der Waals surface area contributed by atoms with E-state index >= 15 is 0 Å². The second-order valence-corrected chi connectivity index (χ2v) is 7.00. The molecule has 0 saturated heterocycles. The molecular formula is C13H25N5OS. The van der Waals surface area contributed by atoms with Crippen LogP contribution in [-0.4, -0.2) is 49.8 Å². The van der Waals surface area contributed by atoms with Crippen LogP contribution in [-0.2, 0) is 6.54 Å². The highest BCUT2D eigenvalue weighted by Crippen LogP contribution is 2.32. The molecule has 0 aromatic carbocycles. The smallest absolute Gasteiger partial charge is 0.209 e. The monoisotopic (exact) mass is 299 g/mol. The highest BCUT2D eigenvalue weighted by atomic mass is 32.2. The summed E-state index contributed by atoms with van der Waals surface area (Å²) in [7, 11) is 0. The lowest BCUT2D eigenvalue weighted by Gasteiger charge is -2.26. The maximum Gasteiger partial charge on any atom is 0.209 e. The van der Waals surface area contributed by atoms with Gasteiger partial charge in [-0.25, -0.2) is 4.68 Å². The van der Waals surface area contributed by atoms with Crippen molar-refractivity contribution in [3.05, 3.63) is 0 Å². The summed E-state index contributed by atoms with van der Waals surface area (Å²) in [5, 5.41) is 26.3. The van der Waals surface area contributed by atoms with Crippen molar-refractivity contribution < 1.29 is 5.11 Å². The molecule has 6 nitrogen and oxygen atoms in total. The zero-order valence-corrected chi connectivity index (χ0v) is 13.1. The summed E-state index contributed by atoms with van der Waals surface area (Å²) in [6.07, 6.45) is 4.03. The Morgan fingerprint density at radius 3 is 2.95 bits per heavy atom. The van der Waals surface area contributed by atoms with Crippen LogP contribution in [0.4, 0.5) is 0 Å². The van der Waals surface area contributed by atoms with Crippen molar-refractivity contribution in [2.75, 3.05) is 13.1 Å². The van der Waals surface area contributed by atoms with Gasteiger partial charge in [0.1, 0.15) is 0 Å². The third-order valence-corrected chi connectivity index (χ3v) is 4.83. The third-order valence-electron chi connectivity index (χ3n) is 3.48. The number of tetrazole rings is 1. The second-order valence-electron chi connectivity index (χ2n) is 5.79. The van der Waals surface area contributed by atoms with E-state index in [2.05, 4.69) is 34.7 Å². The van der Waals surface area contributed by atoms with Gasteiger partial charge in [-0.2, -0.15) is 0 Å². The second kappa shape index (κ2) is 7.95. The molecule has 2 rings (SSSR count). The van der Waals surface area contributed by atoms with E-state index in [1.165, 1.54) is 6.42 Å². The van der Waals surface area contributed by atoms with Gasteiger partial charge in [0, 0.05) is 11.8 Å². The number of aromatic nitrogens is 4. The lowest BCUT2D eigenvalue weighted by molar-refractivity contribution is 0.136. The summed E-state index contributed by atoms with van der Waals surface area (Å²) in [5.41, 5.74) is 0. The Bertz CT molecular complexity index is 398. The molecule has 2 atom stereocenters. The first-order valence-corrected chi connectivity index (χ1v) is 8.36. The van der Waals surface area contributed by atoms with Crippen LogP contribution in [0.5, 0.6) is 0 Å². The number of nitrogens with zero attached hydrogens (tertiary/aromatic N) is 4. The Labute approximate surface area is 124 Å². The Morgan fingerprint density at radius 2 is 2.20 bits per heavy atom. The van der Waals surface area contributed by atoms with Crippen molar-refractivity contribution in [1.82, 2.24) is 25.5 Å². The maximum absolute atomic E-state index is 10.0. The molecule has 1 aromatic heterocycles. The van der Waals surface area contributed by atoms with Crippen molar-refractivity contribution in [3.63, 3.8) is 0 Å². The van der Waals surface area contributed by atoms with E-state index in [0.717, 1.165) is 44.1 Å². The first kappa shape index (κ1) is 15.7. The van der Waals surface area contributed by atoms with Gasteiger partial charge in [-0.1, -0.05) is 38.5 Å². The summed E-state index contributed by atoms with van der Waals surface area (Å²) in [4.78, 5) is 0. The molecule has 2 unspecified atom stereocenters.